The average molecular weight is 451 g/mol. The molecule has 1 N–H and O–H groups in total. The summed E-state index contributed by atoms with van der Waals surface area (Å²) in [4.78, 5) is 9.20. The summed E-state index contributed by atoms with van der Waals surface area (Å²) in [7, 11) is 0. The van der Waals surface area contributed by atoms with Crippen LogP contribution in [0.2, 0.25) is 0 Å². The van der Waals surface area contributed by atoms with E-state index in [-0.39, 0.29) is 0 Å². The molecule has 7 rings (SSSR count). The molecule has 0 saturated heterocycles. The van der Waals surface area contributed by atoms with Crippen LogP contribution < -0.4 is 0 Å². The second-order valence-corrected chi connectivity index (χ2v) is 9.68. The summed E-state index contributed by atoms with van der Waals surface area (Å²) in [6.07, 6.45) is 7.78. The number of aromatic nitrogens is 1. The minimum Gasteiger partial charge on any atom is -0.354 e. The number of hydrogen-bond acceptors (Lipinski definition) is 1. The van der Waals surface area contributed by atoms with Gasteiger partial charge in [-0.05, 0) is 46.7 Å². The number of aliphatic imine (C=N–C) groups is 1. The zero-order valence-corrected chi connectivity index (χ0v) is 19.7. The van der Waals surface area contributed by atoms with E-state index in [1.165, 1.54) is 33.0 Å². The van der Waals surface area contributed by atoms with Crippen LogP contribution >= 0.6 is 0 Å². The number of aromatic amines is 1. The van der Waals surface area contributed by atoms with Crippen LogP contribution in [0.5, 0.6) is 0 Å². The van der Waals surface area contributed by atoms with E-state index in [0.29, 0.717) is 5.92 Å². The topological polar surface area (TPSA) is 28.1 Å². The Hall–Kier alpha value is -4.17. The van der Waals surface area contributed by atoms with Crippen molar-refractivity contribution in [2.24, 2.45) is 10.9 Å². The first-order valence-electron chi connectivity index (χ1n) is 12.4. The third-order valence-corrected chi connectivity index (χ3v) is 7.75. The maximum Gasteiger partial charge on any atom is 0.0898 e. The van der Waals surface area contributed by atoms with Crippen molar-refractivity contribution in [3.63, 3.8) is 0 Å². The smallest absolute Gasteiger partial charge is 0.0898 e. The lowest BCUT2D eigenvalue weighted by Crippen LogP contribution is -2.38. The number of allylic oxidation sites excluding steroid dienone is 4. The Bertz CT molecular complexity index is 1630. The molecule has 0 fully saturated rings. The van der Waals surface area contributed by atoms with Crippen LogP contribution in [0.3, 0.4) is 0 Å². The van der Waals surface area contributed by atoms with Crippen molar-refractivity contribution < 1.29 is 0 Å². The molecule has 0 amide bonds. The minimum atomic E-state index is -0.476. The number of rotatable bonds is 3. The van der Waals surface area contributed by atoms with Gasteiger partial charge in [-0.25, -0.2) is 0 Å². The van der Waals surface area contributed by atoms with Crippen LogP contribution in [0.15, 0.2) is 126 Å². The number of para-hydroxylation sites is 1. The van der Waals surface area contributed by atoms with Crippen molar-refractivity contribution in [1.29, 1.82) is 0 Å². The molecule has 1 unspecified atom stereocenters. The fourth-order valence-electron chi connectivity index (χ4n) is 6.13. The van der Waals surface area contributed by atoms with Gasteiger partial charge in [-0.15, -0.1) is 0 Å². The largest absolute Gasteiger partial charge is 0.354 e. The first-order valence-corrected chi connectivity index (χ1v) is 12.4. The Morgan fingerprint density at radius 1 is 0.771 bits per heavy atom. The van der Waals surface area contributed by atoms with Gasteiger partial charge in [-0.3, -0.25) is 4.99 Å². The third-order valence-electron chi connectivity index (χ3n) is 7.75. The van der Waals surface area contributed by atoms with Gasteiger partial charge in [0.05, 0.1) is 16.8 Å². The molecule has 5 aromatic rings. The van der Waals surface area contributed by atoms with Crippen molar-refractivity contribution >= 4 is 33.2 Å². The highest BCUT2D eigenvalue weighted by Gasteiger charge is 2.49. The van der Waals surface area contributed by atoms with E-state index in [9.17, 15) is 0 Å². The maximum atomic E-state index is 5.58. The molecule has 0 bridgehead atoms. The lowest BCUT2D eigenvalue weighted by atomic mass is 9.64. The molecular formula is C33H26N2. The molecule has 1 aliphatic heterocycles. The molecule has 2 aliphatic rings. The fourth-order valence-corrected chi connectivity index (χ4v) is 6.13. The van der Waals surface area contributed by atoms with Crippen LogP contribution in [0.4, 0.5) is 5.69 Å². The Morgan fingerprint density at radius 2 is 1.46 bits per heavy atom. The monoisotopic (exact) mass is 450 g/mol. The zero-order chi connectivity index (χ0) is 23.4. The van der Waals surface area contributed by atoms with Crippen LogP contribution in [0, 0.1) is 5.92 Å². The van der Waals surface area contributed by atoms with Gasteiger partial charge in [0.1, 0.15) is 0 Å². The van der Waals surface area contributed by atoms with E-state index in [0.717, 1.165) is 28.9 Å². The normalized spacial score (nSPS) is 18.5. The van der Waals surface area contributed by atoms with Crippen molar-refractivity contribution in [3.8, 4) is 0 Å². The van der Waals surface area contributed by atoms with E-state index in [4.69, 9.17) is 4.99 Å². The maximum absolute atomic E-state index is 5.58. The molecule has 1 aromatic heterocycles. The second kappa shape index (κ2) is 7.68. The van der Waals surface area contributed by atoms with Crippen LogP contribution in [0.25, 0.3) is 21.8 Å². The lowest BCUT2D eigenvalue weighted by Gasteiger charge is -2.36. The Balaban J connectivity index is 1.67. The highest BCUT2D eigenvalue weighted by atomic mass is 14.9. The summed E-state index contributed by atoms with van der Waals surface area (Å²) in [5, 5.41) is 2.44. The number of nitrogens with zero attached hydrogens (tertiary/aromatic N) is 1. The van der Waals surface area contributed by atoms with Gasteiger partial charge in [0.15, 0.2) is 0 Å². The first-order chi connectivity index (χ1) is 17.3. The standard InChI is InChI=1S/C33H26N2/c1-22-12-8-9-17-25(22)32-33(23-13-4-2-5-14-23,24-15-6-3-7-16-24)27-20-21-29-30(31(27)35-32)26-18-10-11-19-28(26)34-29/h2-11,13-22,34H,12H2,1H3. The van der Waals surface area contributed by atoms with Gasteiger partial charge in [0.2, 0.25) is 0 Å². The summed E-state index contributed by atoms with van der Waals surface area (Å²) in [6.45, 7) is 2.32. The molecule has 35 heavy (non-hydrogen) atoms. The average Bonchev–Trinajstić information content (AvgIpc) is 3.46. The van der Waals surface area contributed by atoms with Crippen molar-refractivity contribution in [2.75, 3.05) is 0 Å². The Labute approximate surface area is 205 Å². The number of nitrogens with one attached hydrogen (secondary N) is 1. The molecule has 1 atom stereocenters. The molecule has 1 aliphatic carbocycles. The van der Waals surface area contributed by atoms with Gasteiger partial charge in [-0.2, -0.15) is 0 Å². The van der Waals surface area contributed by atoms with Gasteiger partial charge < -0.3 is 4.98 Å². The number of benzene rings is 4. The molecule has 0 radical (unpaired) electrons. The van der Waals surface area contributed by atoms with Crippen molar-refractivity contribution in [1.82, 2.24) is 4.98 Å². The predicted octanol–water partition coefficient (Wildman–Crippen LogP) is 8.26. The van der Waals surface area contributed by atoms with Crippen LogP contribution in [-0.4, -0.2) is 10.7 Å². The van der Waals surface area contributed by atoms with Crippen LogP contribution in [0.1, 0.15) is 30.0 Å². The zero-order valence-electron chi connectivity index (χ0n) is 19.7. The quantitative estimate of drug-likeness (QED) is 0.287. The summed E-state index contributed by atoms with van der Waals surface area (Å²) < 4.78 is 0. The summed E-state index contributed by atoms with van der Waals surface area (Å²) in [5.74, 6) is 0.401. The molecule has 168 valence electrons. The fraction of sp³-hybridized carbons (Fsp3) is 0.121. The molecule has 0 spiro atoms. The first kappa shape index (κ1) is 20.2. The number of fused-ring (bicyclic) bond motifs is 5. The Kier molecular flexibility index (Phi) is 4.44. The number of hydrogen-bond donors (Lipinski definition) is 1. The molecule has 4 aromatic carbocycles. The highest BCUT2D eigenvalue weighted by molar-refractivity contribution is 6.23. The SMILES string of the molecule is CC1CC=CC=C1C1=Nc2c(ccc3[nH]c4ccccc4c23)C1(c1ccccc1)c1ccccc1. The van der Waals surface area contributed by atoms with E-state index >= 15 is 0 Å². The highest BCUT2D eigenvalue weighted by Crippen LogP contribution is 2.54. The van der Waals surface area contributed by atoms with Crippen LogP contribution in [-0.2, 0) is 5.41 Å². The van der Waals surface area contributed by atoms with Gasteiger partial charge in [0, 0.05) is 21.8 Å². The van der Waals surface area contributed by atoms with E-state index in [2.05, 4.69) is 127 Å². The molecule has 0 saturated carbocycles. The Morgan fingerprint density at radius 3 is 2.17 bits per heavy atom. The summed E-state index contributed by atoms with van der Waals surface area (Å²) in [6, 6.07) is 35.0. The van der Waals surface area contributed by atoms with Gasteiger partial charge in [0.25, 0.3) is 0 Å². The summed E-state index contributed by atoms with van der Waals surface area (Å²) in [5.41, 5.74) is 9.14. The summed E-state index contributed by atoms with van der Waals surface area (Å²) >= 11 is 0. The second-order valence-electron chi connectivity index (χ2n) is 9.68. The third kappa shape index (κ3) is 2.80. The molecule has 2 nitrogen and oxygen atoms in total. The molecule has 2 heteroatoms. The minimum absolute atomic E-state index is 0.401. The van der Waals surface area contributed by atoms with E-state index in [1.54, 1.807) is 0 Å². The lowest BCUT2D eigenvalue weighted by molar-refractivity contribution is 0.699. The van der Waals surface area contributed by atoms with E-state index < -0.39 is 5.41 Å². The predicted molar refractivity (Wildman–Crippen MR) is 147 cm³/mol. The number of H-pyrrole nitrogens is 1. The van der Waals surface area contributed by atoms with Gasteiger partial charge >= 0.3 is 0 Å². The van der Waals surface area contributed by atoms with Gasteiger partial charge in [-0.1, -0.05) is 110 Å². The van der Waals surface area contributed by atoms with E-state index in [1.807, 2.05) is 0 Å². The van der Waals surface area contributed by atoms with Crippen molar-refractivity contribution in [3.05, 3.63) is 138 Å². The molecular weight excluding hydrogens is 424 g/mol. The van der Waals surface area contributed by atoms with Crippen molar-refractivity contribution in [2.45, 2.75) is 18.8 Å². The molecule has 2 heterocycles.